The molecule has 6 rings (SSSR count). The number of aromatic carboxylic acids is 3. The highest BCUT2D eigenvalue weighted by Gasteiger charge is 2.18. The summed E-state index contributed by atoms with van der Waals surface area (Å²) in [5.41, 5.74) is 6.46. The smallest absolute Gasteiger partial charge is 0.335 e. The molecule has 3 N–H and O–H groups in total. The lowest BCUT2D eigenvalue weighted by Crippen LogP contribution is -2.20. The highest BCUT2D eigenvalue weighted by atomic mass is 31.1. The van der Waals surface area contributed by atoms with Crippen LogP contribution in [-0.4, -0.2) is 33.2 Å². The van der Waals surface area contributed by atoms with Crippen LogP contribution in [0.4, 0.5) is 0 Å². The number of hydrogen-bond donors (Lipinski definition) is 3. The monoisotopic (exact) mass is 622 g/mol. The summed E-state index contributed by atoms with van der Waals surface area (Å²) in [5, 5.41) is 31.1. The SMILES string of the molecule is O=C(O)c1ccc(-c2ccc(P(c3ccc(-c4ccc(C(=O)O)cc4)cc3)c3ccc(-c4ccc(C(=O)O)cc4)cc3)cc2)cc1. The first-order valence-corrected chi connectivity index (χ1v) is 15.7. The molecule has 46 heavy (non-hydrogen) atoms. The highest BCUT2D eigenvalue weighted by Crippen LogP contribution is 2.35. The second kappa shape index (κ2) is 13.0. The van der Waals surface area contributed by atoms with E-state index >= 15 is 0 Å². The normalized spacial score (nSPS) is 10.9. The molecule has 6 aromatic rings. The van der Waals surface area contributed by atoms with Crippen molar-refractivity contribution >= 4 is 41.7 Å². The average molecular weight is 623 g/mol. The third-order valence-corrected chi connectivity index (χ3v) is 10.2. The molecule has 0 bridgehead atoms. The minimum atomic E-state index is -0.964. The molecule has 0 unspecified atom stereocenters. The molecule has 224 valence electrons. The first-order chi connectivity index (χ1) is 22.3. The zero-order valence-electron chi connectivity index (χ0n) is 24.4. The molecule has 6 nitrogen and oxygen atoms in total. The van der Waals surface area contributed by atoms with Gasteiger partial charge >= 0.3 is 17.9 Å². The molecule has 6 aromatic carbocycles. The molecule has 0 fully saturated rings. The molecule has 0 aliphatic carbocycles. The molecule has 0 saturated heterocycles. The number of carboxylic acids is 3. The van der Waals surface area contributed by atoms with Crippen LogP contribution in [0, 0.1) is 0 Å². The van der Waals surface area contributed by atoms with Crippen LogP contribution in [0.15, 0.2) is 146 Å². The second-order valence-corrected chi connectivity index (χ2v) is 12.8. The van der Waals surface area contributed by atoms with Crippen molar-refractivity contribution in [3.63, 3.8) is 0 Å². The van der Waals surface area contributed by atoms with Crippen LogP contribution in [0.3, 0.4) is 0 Å². The van der Waals surface area contributed by atoms with Crippen LogP contribution in [0.1, 0.15) is 31.1 Å². The lowest BCUT2D eigenvalue weighted by atomic mass is 10.0. The van der Waals surface area contributed by atoms with Crippen LogP contribution in [0.25, 0.3) is 33.4 Å². The molecule has 0 aliphatic heterocycles. The predicted molar refractivity (Wildman–Crippen MR) is 182 cm³/mol. The summed E-state index contributed by atoms with van der Waals surface area (Å²) in [4.78, 5) is 33.8. The van der Waals surface area contributed by atoms with E-state index in [2.05, 4.69) is 72.8 Å². The summed E-state index contributed by atoms with van der Waals surface area (Å²) < 4.78 is 0. The largest absolute Gasteiger partial charge is 0.478 e. The van der Waals surface area contributed by atoms with E-state index in [4.69, 9.17) is 0 Å². The van der Waals surface area contributed by atoms with E-state index < -0.39 is 25.8 Å². The van der Waals surface area contributed by atoms with Gasteiger partial charge in [0.15, 0.2) is 0 Å². The third-order valence-electron chi connectivity index (χ3n) is 7.77. The number of carbonyl (C=O) groups is 3. The minimum absolute atomic E-state index is 0.242. The molecule has 0 saturated carbocycles. The molecule has 0 amide bonds. The Bertz CT molecular complexity index is 1770. The first kappa shape index (κ1) is 30.2. The minimum Gasteiger partial charge on any atom is -0.478 e. The first-order valence-electron chi connectivity index (χ1n) is 14.4. The van der Waals surface area contributed by atoms with Crippen LogP contribution < -0.4 is 15.9 Å². The number of hydrogen-bond acceptors (Lipinski definition) is 3. The van der Waals surface area contributed by atoms with Gasteiger partial charge in [-0.1, -0.05) is 109 Å². The maximum absolute atomic E-state index is 11.3. The predicted octanol–water partition coefficient (Wildman–Crippen LogP) is 7.54. The quantitative estimate of drug-likeness (QED) is 0.144. The Balaban J connectivity index is 1.34. The standard InChI is InChI=1S/C39H27O6P/c40-37(41)31-7-1-25(2-8-31)28-13-19-34(20-14-28)46(35-21-15-29(16-22-35)26-3-9-32(10-4-26)38(42)43)36-23-17-30(18-24-36)27-5-11-33(12-6-27)39(44)45/h1-24H,(H,40,41)(H,42,43)(H,44,45). The molecule has 0 spiro atoms. The summed E-state index contributed by atoms with van der Waals surface area (Å²) in [6.45, 7) is 0. The van der Waals surface area contributed by atoms with Gasteiger partial charge in [-0.25, -0.2) is 14.4 Å². The summed E-state index contributed by atoms with van der Waals surface area (Å²) in [6, 6.07) is 45.5. The van der Waals surface area contributed by atoms with Crippen molar-refractivity contribution in [3.05, 3.63) is 162 Å². The van der Waals surface area contributed by atoms with Gasteiger partial charge in [0.05, 0.1) is 16.7 Å². The van der Waals surface area contributed by atoms with Crippen molar-refractivity contribution in [2.75, 3.05) is 0 Å². The van der Waals surface area contributed by atoms with E-state index in [1.54, 1.807) is 36.4 Å². The zero-order chi connectivity index (χ0) is 32.2. The number of benzene rings is 6. The van der Waals surface area contributed by atoms with Gasteiger partial charge < -0.3 is 15.3 Å². The van der Waals surface area contributed by atoms with E-state index in [0.29, 0.717) is 0 Å². The molecule has 0 heterocycles. The molecular weight excluding hydrogens is 595 g/mol. The van der Waals surface area contributed by atoms with Crippen LogP contribution in [0.5, 0.6) is 0 Å². The number of rotatable bonds is 9. The van der Waals surface area contributed by atoms with Gasteiger partial charge in [-0.2, -0.15) is 0 Å². The van der Waals surface area contributed by atoms with E-state index in [0.717, 1.165) is 49.3 Å². The molecule has 0 atom stereocenters. The zero-order valence-corrected chi connectivity index (χ0v) is 25.3. The Morgan fingerprint density at radius 2 is 0.478 bits per heavy atom. The van der Waals surface area contributed by atoms with E-state index in [9.17, 15) is 29.7 Å². The Morgan fingerprint density at radius 3 is 0.652 bits per heavy atom. The third kappa shape index (κ3) is 6.48. The Labute approximate surface area is 266 Å². The maximum atomic E-state index is 11.3. The van der Waals surface area contributed by atoms with Crippen molar-refractivity contribution in [1.82, 2.24) is 0 Å². The van der Waals surface area contributed by atoms with Crippen LogP contribution in [0.2, 0.25) is 0 Å². The fourth-order valence-electron chi connectivity index (χ4n) is 5.27. The van der Waals surface area contributed by atoms with Crippen molar-refractivity contribution in [2.24, 2.45) is 0 Å². The van der Waals surface area contributed by atoms with Crippen molar-refractivity contribution in [3.8, 4) is 33.4 Å². The van der Waals surface area contributed by atoms with E-state index in [1.807, 2.05) is 36.4 Å². The van der Waals surface area contributed by atoms with Crippen LogP contribution >= 0.6 is 7.92 Å². The van der Waals surface area contributed by atoms with Gasteiger partial charge in [-0.3, -0.25) is 0 Å². The fourth-order valence-corrected chi connectivity index (χ4v) is 7.51. The summed E-state index contributed by atoms with van der Waals surface area (Å²) in [6.07, 6.45) is 0. The summed E-state index contributed by atoms with van der Waals surface area (Å²) >= 11 is 0. The number of carboxylic acid groups (broad SMARTS) is 3. The topological polar surface area (TPSA) is 112 Å². The van der Waals surface area contributed by atoms with Gasteiger partial charge in [-0.05, 0) is 93.6 Å². The highest BCUT2D eigenvalue weighted by molar-refractivity contribution is 7.79. The Hall–Kier alpha value is -5.84. The van der Waals surface area contributed by atoms with Crippen molar-refractivity contribution in [1.29, 1.82) is 0 Å². The van der Waals surface area contributed by atoms with Crippen molar-refractivity contribution < 1.29 is 29.7 Å². The van der Waals surface area contributed by atoms with Gasteiger partial charge in [0, 0.05) is 0 Å². The van der Waals surface area contributed by atoms with Crippen LogP contribution in [-0.2, 0) is 0 Å². The maximum Gasteiger partial charge on any atom is 0.335 e. The van der Waals surface area contributed by atoms with E-state index in [-0.39, 0.29) is 16.7 Å². The Morgan fingerprint density at radius 1 is 0.304 bits per heavy atom. The molecule has 0 aliphatic rings. The summed E-state index contributed by atoms with van der Waals surface area (Å²) in [7, 11) is -0.964. The molecular formula is C39H27O6P. The lowest BCUT2D eigenvalue weighted by Gasteiger charge is -2.21. The Kier molecular flexibility index (Phi) is 8.55. The molecule has 0 aromatic heterocycles. The van der Waals surface area contributed by atoms with Crippen molar-refractivity contribution in [2.45, 2.75) is 0 Å². The van der Waals surface area contributed by atoms with Gasteiger partial charge in [-0.15, -0.1) is 0 Å². The summed E-state index contributed by atoms with van der Waals surface area (Å²) in [5.74, 6) is -2.88. The average Bonchev–Trinajstić information content (AvgIpc) is 3.09. The molecule has 0 radical (unpaired) electrons. The second-order valence-electron chi connectivity index (χ2n) is 10.6. The van der Waals surface area contributed by atoms with E-state index in [1.165, 1.54) is 0 Å². The fraction of sp³-hybridized carbons (Fsp3) is 0. The lowest BCUT2D eigenvalue weighted by molar-refractivity contribution is 0.0686. The molecule has 7 heteroatoms. The van der Waals surface area contributed by atoms with Gasteiger partial charge in [0.25, 0.3) is 0 Å². The van der Waals surface area contributed by atoms with Gasteiger partial charge in [0.1, 0.15) is 0 Å². The van der Waals surface area contributed by atoms with Gasteiger partial charge in [0.2, 0.25) is 0 Å².